The van der Waals surface area contributed by atoms with Gasteiger partial charge in [0.2, 0.25) is 11.7 Å². The van der Waals surface area contributed by atoms with Gasteiger partial charge in [0.1, 0.15) is 5.82 Å². The van der Waals surface area contributed by atoms with Crippen LogP contribution in [0.25, 0.3) is 0 Å². The lowest BCUT2D eigenvalue weighted by atomic mass is 9.82. The Balaban J connectivity index is 2.33. The summed E-state index contributed by atoms with van der Waals surface area (Å²) in [6, 6.07) is 3.28. The lowest BCUT2D eigenvalue weighted by Gasteiger charge is -2.33. The van der Waals surface area contributed by atoms with Gasteiger partial charge < -0.3 is 29.4 Å². The molecule has 2 aliphatic rings. The van der Waals surface area contributed by atoms with Gasteiger partial charge in [0, 0.05) is 0 Å². The molecule has 196 valence electrons. The largest absolute Gasteiger partial charge is 0.493 e. The van der Waals surface area contributed by atoms with Crippen LogP contribution in [0.2, 0.25) is 0 Å². The van der Waals surface area contributed by atoms with Crippen molar-refractivity contribution in [2.24, 2.45) is 5.73 Å². The molecule has 1 fully saturated rings. The Hall–Kier alpha value is -3.34. The van der Waals surface area contributed by atoms with E-state index in [1.807, 2.05) is 6.92 Å². The number of carbonyl (C=O) groups is 3. The van der Waals surface area contributed by atoms with Crippen LogP contribution in [0.15, 0.2) is 34.1 Å². The molecule has 0 aromatic heterocycles. The smallest absolute Gasteiger partial charge is 0.338 e. The molecule has 0 spiro atoms. The Labute approximate surface area is 214 Å². The molecule has 3 rings (SSSR count). The summed E-state index contributed by atoms with van der Waals surface area (Å²) in [5.41, 5.74) is 7.02. The molecule has 10 nitrogen and oxygen atoms in total. The van der Waals surface area contributed by atoms with Gasteiger partial charge in [-0.3, -0.25) is 9.69 Å². The summed E-state index contributed by atoms with van der Waals surface area (Å²) in [5.74, 6) is -1.84. The topological polar surface area (TPSA) is 127 Å². The highest BCUT2D eigenvalue weighted by atomic mass is 32.2. The molecular weight excluding hydrogens is 488 g/mol. The normalized spacial score (nSPS) is 19.3. The molecular formula is C25H32N2O8S. The third-order valence-corrected chi connectivity index (χ3v) is 7.03. The number of fused-ring (bicyclic) bond motifs is 1. The zero-order valence-corrected chi connectivity index (χ0v) is 22.2. The minimum absolute atomic E-state index is 0.0322. The molecule has 1 aromatic rings. The first-order valence-electron chi connectivity index (χ1n) is 11.6. The van der Waals surface area contributed by atoms with Crippen molar-refractivity contribution in [3.05, 3.63) is 39.7 Å². The lowest BCUT2D eigenvalue weighted by molar-refractivity contribution is -0.140. The number of hydrogen-bond donors (Lipinski definition) is 1. The molecule has 2 unspecified atom stereocenters. The van der Waals surface area contributed by atoms with Crippen LogP contribution in [0.1, 0.15) is 45.1 Å². The maximum absolute atomic E-state index is 13.4. The molecule has 0 radical (unpaired) electrons. The molecule has 0 saturated carbocycles. The molecule has 36 heavy (non-hydrogen) atoms. The number of rotatable bonds is 10. The number of carbonyl (C=O) groups excluding carboxylic acids is 3. The van der Waals surface area contributed by atoms with Crippen molar-refractivity contribution in [2.75, 3.05) is 34.5 Å². The number of amides is 1. The molecule has 1 saturated heterocycles. The number of unbranched alkanes of at least 4 members (excludes halogenated alkanes) is 1. The van der Waals surface area contributed by atoms with Crippen LogP contribution in [0.4, 0.5) is 0 Å². The van der Waals surface area contributed by atoms with E-state index in [4.69, 9.17) is 29.4 Å². The molecule has 11 heteroatoms. The maximum atomic E-state index is 13.4. The average Bonchev–Trinajstić information content (AvgIpc) is 3.16. The van der Waals surface area contributed by atoms with E-state index < -0.39 is 23.1 Å². The number of esters is 2. The van der Waals surface area contributed by atoms with Crippen LogP contribution in [-0.4, -0.2) is 62.5 Å². The van der Waals surface area contributed by atoms with E-state index in [2.05, 4.69) is 0 Å². The van der Waals surface area contributed by atoms with Gasteiger partial charge in [0.25, 0.3) is 0 Å². The first kappa shape index (κ1) is 27.3. The number of benzene rings is 1. The zero-order chi connectivity index (χ0) is 26.6. The fourth-order valence-corrected chi connectivity index (χ4v) is 5.29. The number of methoxy groups -OCH3 is 3. The third-order valence-electron chi connectivity index (χ3n) is 5.85. The van der Waals surface area contributed by atoms with Gasteiger partial charge in [-0.25, -0.2) is 9.59 Å². The first-order valence-corrected chi connectivity index (χ1v) is 12.5. The number of nitrogens with zero attached hydrogens (tertiary/aromatic N) is 1. The molecule has 2 heterocycles. The summed E-state index contributed by atoms with van der Waals surface area (Å²) in [6.07, 6.45) is 1.46. The summed E-state index contributed by atoms with van der Waals surface area (Å²) in [5, 5.41) is -0.189. The zero-order valence-electron chi connectivity index (χ0n) is 21.3. The number of ether oxygens (including phenoxy) is 5. The molecule has 1 amide bonds. The van der Waals surface area contributed by atoms with E-state index in [9.17, 15) is 14.4 Å². The monoisotopic (exact) mass is 520 g/mol. The van der Waals surface area contributed by atoms with Crippen molar-refractivity contribution in [1.29, 1.82) is 0 Å². The molecule has 2 atom stereocenters. The Morgan fingerprint density at radius 1 is 1.00 bits per heavy atom. The Morgan fingerprint density at radius 2 is 1.61 bits per heavy atom. The van der Waals surface area contributed by atoms with E-state index >= 15 is 0 Å². The Morgan fingerprint density at radius 3 is 2.14 bits per heavy atom. The highest BCUT2D eigenvalue weighted by Crippen LogP contribution is 2.51. The summed E-state index contributed by atoms with van der Waals surface area (Å²) >= 11 is 1.19. The van der Waals surface area contributed by atoms with Crippen molar-refractivity contribution in [3.8, 4) is 17.2 Å². The van der Waals surface area contributed by atoms with Crippen LogP contribution < -0.4 is 19.9 Å². The second-order valence-corrected chi connectivity index (χ2v) is 9.38. The van der Waals surface area contributed by atoms with Crippen LogP contribution >= 0.6 is 11.8 Å². The van der Waals surface area contributed by atoms with Crippen LogP contribution in [0, 0.1) is 0 Å². The minimum atomic E-state index is -1.01. The van der Waals surface area contributed by atoms with Crippen molar-refractivity contribution >= 4 is 29.6 Å². The van der Waals surface area contributed by atoms with E-state index in [-0.39, 0.29) is 36.1 Å². The molecule has 2 aliphatic heterocycles. The van der Waals surface area contributed by atoms with Crippen molar-refractivity contribution < 1.29 is 38.1 Å². The van der Waals surface area contributed by atoms with Gasteiger partial charge in [-0.05, 0) is 38.0 Å². The van der Waals surface area contributed by atoms with E-state index in [0.29, 0.717) is 34.3 Å². The van der Waals surface area contributed by atoms with Crippen LogP contribution in [0.5, 0.6) is 17.2 Å². The highest BCUT2D eigenvalue weighted by molar-refractivity contribution is 8.04. The molecule has 2 N–H and O–H groups in total. The van der Waals surface area contributed by atoms with Crippen molar-refractivity contribution in [2.45, 2.75) is 44.8 Å². The van der Waals surface area contributed by atoms with Gasteiger partial charge in [-0.2, -0.15) is 0 Å². The van der Waals surface area contributed by atoms with Gasteiger partial charge in [-0.1, -0.05) is 25.1 Å². The Kier molecular flexibility index (Phi) is 8.78. The SMILES string of the molecule is CCCCOC(=O)C1=C(N)N2C(=O)C(C)SC2=C(C(=O)OCC)C1c1cc(OC)c(OC)c(OC)c1. The van der Waals surface area contributed by atoms with Crippen molar-refractivity contribution in [1.82, 2.24) is 4.90 Å². The number of thioether (sulfide) groups is 1. The van der Waals surface area contributed by atoms with Gasteiger partial charge in [0.15, 0.2) is 11.5 Å². The van der Waals surface area contributed by atoms with E-state index in [0.717, 1.165) is 6.42 Å². The second-order valence-electron chi connectivity index (χ2n) is 8.05. The molecule has 1 aromatic carbocycles. The van der Waals surface area contributed by atoms with E-state index in [1.54, 1.807) is 26.0 Å². The Bertz CT molecular complexity index is 1090. The molecule has 0 bridgehead atoms. The summed E-state index contributed by atoms with van der Waals surface area (Å²) in [7, 11) is 4.40. The summed E-state index contributed by atoms with van der Waals surface area (Å²) < 4.78 is 27.3. The second kappa shape index (κ2) is 11.6. The summed E-state index contributed by atoms with van der Waals surface area (Å²) in [4.78, 5) is 41.0. The predicted molar refractivity (Wildman–Crippen MR) is 133 cm³/mol. The first-order chi connectivity index (χ1) is 17.2. The fourth-order valence-electron chi connectivity index (χ4n) is 4.13. The van der Waals surface area contributed by atoms with Crippen LogP contribution in [-0.2, 0) is 23.9 Å². The lowest BCUT2D eigenvalue weighted by Crippen LogP contribution is -2.40. The molecule has 0 aliphatic carbocycles. The highest BCUT2D eigenvalue weighted by Gasteiger charge is 2.49. The predicted octanol–water partition coefficient (Wildman–Crippen LogP) is 3.06. The van der Waals surface area contributed by atoms with Crippen LogP contribution in [0.3, 0.4) is 0 Å². The number of nitrogens with two attached hydrogens (primary N) is 1. The standard InChI is InChI=1S/C25H32N2O8S/c1-7-9-10-35-24(29)18-17(14-11-15(31-4)20(33-6)16(12-14)32-5)19(25(30)34-8-2)23-27(21(18)26)22(28)13(3)36-23/h11-13,17H,7-10,26H2,1-6H3. The third kappa shape index (κ3) is 4.84. The summed E-state index contributed by atoms with van der Waals surface area (Å²) in [6.45, 7) is 5.62. The van der Waals surface area contributed by atoms with Gasteiger partial charge in [0.05, 0.1) is 61.9 Å². The quantitative estimate of drug-likeness (QED) is 0.363. The van der Waals surface area contributed by atoms with E-state index in [1.165, 1.54) is 38.0 Å². The fraction of sp³-hybridized carbons (Fsp3) is 0.480. The van der Waals surface area contributed by atoms with Crippen molar-refractivity contribution in [3.63, 3.8) is 0 Å². The number of hydrogen-bond acceptors (Lipinski definition) is 10. The van der Waals surface area contributed by atoms with Gasteiger partial charge in [-0.15, -0.1) is 0 Å². The van der Waals surface area contributed by atoms with Gasteiger partial charge >= 0.3 is 11.9 Å². The maximum Gasteiger partial charge on any atom is 0.338 e. The average molecular weight is 521 g/mol. The minimum Gasteiger partial charge on any atom is -0.493 e.